The summed E-state index contributed by atoms with van der Waals surface area (Å²) >= 11 is 0. The predicted octanol–water partition coefficient (Wildman–Crippen LogP) is 2.32. The first-order chi connectivity index (χ1) is 13.9. The zero-order valence-corrected chi connectivity index (χ0v) is 15.4. The summed E-state index contributed by atoms with van der Waals surface area (Å²) in [6.07, 6.45) is -2.45. The number of nitrogens with two attached hydrogens (primary N) is 1. The monoisotopic (exact) mass is 392 g/mol. The average molecular weight is 392 g/mol. The first kappa shape index (κ1) is 15.1. The third-order valence-corrected chi connectivity index (χ3v) is 4.53. The molecule has 0 fully saturated rings. The molecular formula is C19H19NO6S. The number of ketones is 1. The molecule has 2 aromatic rings. The van der Waals surface area contributed by atoms with Crippen LogP contribution in [0.4, 0.5) is 0 Å². The van der Waals surface area contributed by atoms with Crippen molar-refractivity contribution in [2.75, 3.05) is 7.11 Å². The molecule has 0 bridgehead atoms. The van der Waals surface area contributed by atoms with Crippen LogP contribution in [0.2, 0.25) is 0 Å². The number of hydrogen-bond acceptors (Lipinski definition) is 7. The summed E-state index contributed by atoms with van der Waals surface area (Å²) in [5, 5.41) is 0. The summed E-state index contributed by atoms with van der Waals surface area (Å²) in [5.41, 5.74) is 3.16. The third kappa shape index (κ3) is 4.06. The highest BCUT2D eigenvalue weighted by Crippen LogP contribution is 2.37. The molecule has 0 saturated heterocycles. The second-order valence-corrected chi connectivity index (χ2v) is 6.94. The van der Waals surface area contributed by atoms with Crippen molar-refractivity contribution >= 4 is 15.9 Å². The van der Waals surface area contributed by atoms with E-state index in [1.807, 2.05) is 0 Å². The van der Waals surface area contributed by atoms with Gasteiger partial charge in [-0.05, 0) is 24.6 Å². The van der Waals surface area contributed by atoms with Gasteiger partial charge in [-0.1, -0.05) is 42.0 Å². The Hall–Kier alpha value is -3.00. The number of aryl methyl sites for hydroxylation is 1. The molecule has 0 aromatic heterocycles. The Morgan fingerprint density at radius 2 is 1.96 bits per heavy atom. The van der Waals surface area contributed by atoms with E-state index in [0.717, 1.165) is 0 Å². The fraction of sp³-hybridized carbons (Fsp3) is 0.211. The van der Waals surface area contributed by atoms with Gasteiger partial charge in [0.15, 0.2) is 6.08 Å². The molecule has 0 spiro atoms. The van der Waals surface area contributed by atoms with E-state index in [-0.39, 0.29) is 16.9 Å². The van der Waals surface area contributed by atoms with Crippen LogP contribution in [0.15, 0.2) is 60.2 Å². The minimum absolute atomic E-state index is 0.0000162. The maximum absolute atomic E-state index is 12.9. The topological polar surface area (TPSA) is 105 Å². The molecule has 142 valence electrons. The van der Waals surface area contributed by atoms with Gasteiger partial charge in [0.2, 0.25) is 17.4 Å². The van der Waals surface area contributed by atoms with Crippen molar-refractivity contribution in [3.63, 3.8) is 0 Å². The lowest BCUT2D eigenvalue weighted by Gasteiger charge is -2.14. The van der Waals surface area contributed by atoms with E-state index in [4.69, 9.17) is 23.5 Å². The Morgan fingerprint density at radius 1 is 1.26 bits per heavy atom. The molecule has 0 aliphatic carbocycles. The van der Waals surface area contributed by atoms with Crippen molar-refractivity contribution in [1.29, 1.82) is 0 Å². The molecule has 1 atom stereocenters. The van der Waals surface area contributed by atoms with E-state index in [0.29, 0.717) is 5.56 Å². The first-order valence-electron chi connectivity index (χ1n) is 9.32. The zero-order valence-electron chi connectivity index (χ0n) is 17.6. The molecule has 2 aromatic carbocycles. The van der Waals surface area contributed by atoms with Crippen molar-refractivity contribution < 1.29 is 31.0 Å². The molecular weight excluding hydrogens is 370 g/mol. The van der Waals surface area contributed by atoms with E-state index in [1.54, 1.807) is 19.1 Å². The molecule has 1 aliphatic heterocycles. The molecule has 3 rings (SSSR count). The smallest absolute Gasteiger partial charge is 0.313 e. The van der Waals surface area contributed by atoms with Crippen molar-refractivity contribution in [2.45, 2.75) is 18.7 Å². The van der Waals surface area contributed by atoms with Gasteiger partial charge in [0.05, 0.1) is 11.2 Å². The second-order valence-electron chi connectivity index (χ2n) is 5.66. The van der Waals surface area contributed by atoms with Gasteiger partial charge in [-0.3, -0.25) is 4.79 Å². The molecule has 27 heavy (non-hydrogen) atoms. The standard InChI is InChI=1S/C19H19NO6S/c1-12-8-9-15(24-2)14(10-12)17-16(21)18(19(20)25-17)26-27(22,23)11-13-6-4-3-5-7-13/h3-10,17H,11,20H2,1-2H3/i11D2,17D. The van der Waals surface area contributed by atoms with E-state index in [9.17, 15) is 13.2 Å². The minimum atomic E-state index is -5.04. The number of benzene rings is 2. The van der Waals surface area contributed by atoms with E-state index in [2.05, 4.69) is 0 Å². The summed E-state index contributed by atoms with van der Waals surface area (Å²) < 4.78 is 64.9. The number of hydrogen-bond donors (Lipinski definition) is 1. The van der Waals surface area contributed by atoms with Crippen LogP contribution in [-0.2, 0) is 29.5 Å². The highest BCUT2D eigenvalue weighted by Gasteiger charge is 2.40. The van der Waals surface area contributed by atoms with Gasteiger partial charge in [-0.25, -0.2) is 0 Å². The summed E-state index contributed by atoms with van der Waals surface area (Å²) in [6, 6.07) is 11.7. The van der Waals surface area contributed by atoms with Crippen LogP contribution in [0.25, 0.3) is 0 Å². The normalized spacial score (nSPS) is 21.9. The Kier molecular flexibility index (Phi) is 4.09. The minimum Gasteiger partial charge on any atom is -0.496 e. The van der Waals surface area contributed by atoms with Crippen LogP contribution in [0, 0.1) is 6.92 Å². The fourth-order valence-corrected chi connectivity index (χ4v) is 3.30. The van der Waals surface area contributed by atoms with E-state index >= 15 is 0 Å². The Bertz CT molecular complexity index is 1130. The number of carbonyl (C=O) groups excluding carboxylic acids is 1. The molecule has 7 nitrogen and oxygen atoms in total. The number of carbonyl (C=O) groups is 1. The second kappa shape index (κ2) is 7.32. The van der Waals surface area contributed by atoms with Gasteiger partial charge >= 0.3 is 10.1 Å². The molecule has 1 aliphatic rings. The number of ether oxygens (including phenoxy) is 2. The summed E-state index contributed by atoms with van der Waals surface area (Å²) in [6.45, 7) is 1.72. The molecule has 1 unspecified atom stereocenters. The maximum Gasteiger partial charge on any atom is 0.313 e. The van der Waals surface area contributed by atoms with Crippen LogP contribution in [-0.4, -0.2) is 21.3 Å². The molecule has 0 amide bonds. The van der Waals surface area contributed by atoms with Crippen LogP contribution in [0.1, 0.15) is 26.9 Å². The van der Waals surface area contributed by atoms with Crippen molar-refractivity contribution in [2.24, 2.45) is 5.73 Å². The van der Waals surface area contributed by atoms with Gasteiger partial charge in [-0.15, -0.1) is 0 Å². The predicted molar refractivity (Wildman–Crippen MR) is 97.9 cm³/mol. The largest absolute Gasteiger partial charge is 0.496 e. The average Bonchev–Trinajstić information content (AvgIpc) is 2.92. The Labute approximate surface area is 161 Å². The van der Waals surface area contributed by atoms with Crippen LogP contribution in [0.5, 0.6) is 5.75 Å². The van der Waals surface area contributed by atoms with Gasteiger partial charge < -0.3 is 19.4 Å². The van der Waals surface area contributed by atoms with E-state index in [1.165, 1.54) is 43.5 Å². The lowest BCUT2D eigenvalue weighted by atomic mass is 10.0. The lowest BCUT2D eigenvalue weighted by molar-refractivity contribution is -0.123. The van der Waals surface area contributed by atoms with Crippen LogP contribution in [0.3, 0.4) is 0 Å². The molecule has 0 radical (unpaired) electrons. The summed E-state index contributed by atoms with van der Waals surface area (Å²) in [7, 11) is -3.70. The molecule has 2 N–H and O–H groups in total. The molecule has 0 saturated carbocycles. The van der Waals surface area contributed by atoms with Gasteiger partial charge in [0.1, 0.15) is 11.5 Å². The third-order valence-electron chi connectivity index (χ3n) is 3.66. The maximum atomic E-state index is 12.9. The van der Waals surface area contributed by atoms with Crippen molar-refractivity contribution in [3.8, 4) is 5.75 Å². The summed E-state index contributed by atoms with van der Waals surface area (Å²) in [5.74, 6) is -2.75. The Balaban J connectivity index is 1.98. The van der Waals surface area contributed by atoms with E-state index < -0.39 is 39.3 Å². The van der Waals surface area contributed by atoms with Crippen LogP contribution >= 0.6 is 0 Å². The summed E-state index contributed by atoms with van der Waals surface area (Å²) in [4.78, 5) is 12.9. The number of Topliss-reactive ketones (excluding diaryl/α,β-unsaturated/α-hetero) is 1. The number of methoxy groups -OCH3 is 1. The van der Waals surface area contributed by atoms with Gasteiger partial charge in [0, 0.05) is 5.56 Å². The Morgan fingerprint density at radius 3 is 2.63 bits per heavy atom. The first-order valence-corrected chi connectivity index (χ1v) is 9.23. The number of rotatable bonds is 6. The highest BCUT2D eigenvalue weighted by atomic mass is 32.2. The fourth-order valence-electron chi connectivity index (χ4n) is 2.45. The van der Waals surface area contributed by atoms with Gasteiger partial charge in [0.25, 0.3) is 0 Å². The quantitative estimate of drug-likeness (QED) is 0.752. The molecule has 8 heteroatoms. The van der Waals surface area contributed by atoms with Crippen molar-refractivity contribution in [3.05, 3.63) is 76.9 Å². The highest BCUT2D eigenvalue weighted by molar-refractivity contribution is 7.86. The molecule has 1 heterocycles. The zero-order chi connectivity index (χ0) is 22.3. The van der Waals surface area contributed by atoms with Crippen LogP contribution < -0.4 is 10.5 Å². The van der Waals surface area contributed by atoms with Crippen molar-refractivity contribution in [1.82, 2.24) is 0 Å². The SMILES string of the molecule is [2H]C1(c2cc(C)ccc2OC)OC(N)=C(OS(=O)(=O)C([2H])([2H])c2ccccc2)C1=O. The van der Waals surface area contributed by atoms with Gasteiger partial charge in [-0.2, -0.15) is 8.42 Å². The lowest BCUT2D eigenvalue weighted by Crippen LogP contribution is -2.16.